The number of hydrogen-bond donors (Lipinski definition) is 7. The third kappa shape index (κ3) is 11.4. The van der Waals surface area contributed by atoms with E-state index in [1.54, 1.807) is 44.2 Å². The maximum absolute atomic E-state index is 13.2. The summed E-state index contributed by atoms with van der Waals surface area (Å²) in [5, 5.41) is 34.7. The van der Waals surface area contributed by atoms with Gasteiger partial charge in [-0.25, -0.2) is 4.79 Å². The number of hydrogen-bond acceptors (Lipinski definition) is 7. The maximum atomic E-state index is 13.2. The van der Waals surface area contributed by atoms with Crippen LogP contribution in [0.25, 0.3) is 0 Å². The van der Waals surface area contributed by atoms with Gasteiger partial charge in [0.25, 0.3) is 0 Å². The van der Waals surface area contributed by atoms with Gasteiger partial charge in [0, 0.05) is 19.3 Å². The number of nitrogens with two attached hydrogens (primary N) is 1. The lowest BCUT2D eigenvalue weighted by molar-refractivity contribution is -0.144. The van der Waals surface area contributed by atoms with Crippen LogP contribution < -0.4 is 21.7 Å². The first-order chi connectivity index (χ1) is 17.8. The van der Waals surface area contributed by atoms with E-state index in [0.29, 0.717) is 12.0 Å². The zero-order valence-corrected chi connectivity index (χ0v) is 21.4. The van der Waals surface area contributed by atoms with Gasteiger partial charge >= 0.3 is 17.9 Å². The molecule has 0 aliphatic carbocycles. The predicted molar refractivity (Wildman–Crippen MR) is 135 cm³/mol. The summed E-state index contributed by atoms with van der Waals surface area (Å²) in [5.41, 5.74) is 6.42. The van der Waals surface area contributed by atoms with Crippen LogP contribution in [0.15, 0.2) is 30.3 Å². The largest absolute Gasteiger partial charge is 0.481 e. The van der Waals surface area contributed by atoms with Crippen LogP contribution in [0.4, 0.5) is 0 Å². The van der Waals surface area contributed by atoms with Crippen molar-refractivity contribution < 1.29 is 44.1 Å². The van der Waals surface area contributed by atoms with Gasteiger partial charge < -0.3 is 37.0 Å². The minimum Gasteiger partial charge on any atom is -0.481 e. The third-order valence-corrected chi connectivity index (χ3v) is 5.98. The Morgan fingerprint density at radius 1 is 0.789 bits per heavy atom. The van der Waals surface area contributed by atoms with E-state index in [1.165, 1.54) is 0 Å². The molecular weight excluding hydrogens is 500 g/mol. The molecular formula is C25H36N4O9. The van der Waals surface area contributed by atoms with Crippen LogP contribution in [0.5, 0.6) is 0 Å². The highest BCUT2D eigenvalue weighted by Gasteiger charge is 2.32. The Kier molecular flexibility index (Phi) is 13.5. The fourth-order valence-corrected chi connectivity index (χ4v) is 3.49. The summed E-state index contributed by atoms with van der Waals surface area (Å²) in [7, 11) is 0. The molecule has 3 amide bonds. The first-order valence-corrected chi connectivity index (χ1v) is 12.2. The highest BCUT2D eigenvalue weighted by Crippen LogP contribution is 2.10. The predicted octanol–water partition coefficient (Wildman–Crippen LogP) is -0.129. The second kappa shape index (κ2) is 16.0. The maximum Gasteiger partial charge on any atom is 0.326 e. The molecule has 0 saturated carbocycles. The SMILES string of the molecule is CCC(C)C(NC(=O)C(CCC(=O)O)NC(=O)C(Cc1ccccc1)NC(=O)C(N)CCC(=O)O)C(=O)O. The quantitative estimate of drug-likeness (QED) is 0.140. The summed E-state index contributed by atoms with van der Waals surface area (Å²) < 4.78 is 0. The number of benzene rings is 1. The fraction of sp³-hybridized carbons (Fsp3) is 0.520. The van der Waals surface area contributed by atoms with Gasteiger partial charge in [-0.3, -0.25) is 24.0 Å². The minimum absolute atomic E-state index is 0.0120. The number of aliphatic carboxylic acids is 3. The molecule has 5 unspecified atom stereocenters. The first kappa shape index (κ1) is 32.0. The smallest absolute Gasteiger partial charge is 0.326 e. The number of carboxylic acid groups (broad SMARTS) is 3. The monoisotopic (exact) mass is 536 g/mol. The van der Waals surface area contributed by atoms with Crippen molar-refractivity contribution in [3.8, 4) is 0 Å². The van der Waals surface area contributed by atoms with Gasteiger partial charge in [0.1, 0.15) is 18.1 Å². The molecule has 0 saturated heterocycles. The number of carbonyl (C=O) groups is 6. The molecule has 0 heterocycles. The van der Waals surface area contributed by atoms with Crippen molar-refractivity contribution in [2.45, 2.75) is 76.5 Å². The molecule has 5 atom stereocenters. The van der Waals surface area contributed by atoms with Crippen molar-refractivity contribution >= 4 is 35.6 Å². The van der Waals surface area contributed by atoms with Crippen molar-refractivity contribution in [1.29, 1.82) is 0 Å². The van der Waals surface area contributed by atoms with Gasteiger partial charge in [-0.05, 0) is 24.3 Å². The van der Waals surface area contributed by atoms with Crippen LogP contribution in [-0.2, 0) is 35.2 Å². The Labute approximate surface area is 220 Å². The molecule has 0 fully saturated rings. The van der Waals surface area contributed by atoms with Crippen LogP contribution in [0.2, 0.25) is 0 Å². The van der Waals surface area contributed by atoms with E-state index in [4.69, 9.17) is 15.9 Å². The Morgan fingerprint density at radius 3 is 1.84 bits per heavy atom. The molecule has 13 nitrogen and oxygen atoms in total. The molecule has 0 aliphatic rings. The van der Waals surface area contributed by atoms with Crippen molar-refractivity contribution in [2.24, 2.45) is 11.7 Å². The molecule has 1 aromatic carbocycles. The Bertz CT molecular complexity index is 986. The summed E-state index contributed by atoms with van der Waals surface area (Å²) in [6.07, 6.45) is -0.920. The van der Waals surface area contributed by atoms with Gasteiger partial charge in [-0.1, -0.05) is 50.6 Å². The summed E-state index contributed by atoms with van der Waals surface area (Å²) in [6.45, 7) is 3.37. The van der Waals surface area contributed by atoms with Crippen molar-refractivity contribution in [1.82, 2.24) is 16.0 Å². The highest BCUT2D eigenvalue weighted by molar-refractivity contribution is 5.94. The molecule has 1 aromatic rings. The average Bonchev–Trinajstić information content (AvgIpc) is 2.87. The third-order valence-electron chi connectivity index (χ3n) is 5.98. The highest BCUT2D eigenvalue weighted by atomic mass is 16.4. The topological polar surface area (TPSA) is 225 Å². The second-order valence-corrected chi connectivity index (χ2v) is 8.99. The van der Waals surface area contributed by atoms with E-state index in [-0.39, 0.29) is 25.7 Å². The Balaban J connectivity index is 3.14. The number of carboxylic acids is 3. The van der Waals surface area contributed by atoms with Crippen LogP contribution in [0.1, 0.15) is 51.5 Å². The summed E-state index contributed by atoms with van der Waals surface area (Å²) in [4.78, 5) is 72.4. The molecule has 0 spiro atoms. The Hall–Kier alpha value is -4.00. The van der Waals surface area contributed by atoms with E-state index in [2.05, 4.69) is 16.0 Å². The minimum atomic E-state index is -1.40. The second-order valence-electron chi connectivity index (χ2n) is 8.99. The van der Waals surface area contributed by atoms with Crippen LogP contribution >= 0.6 is 0 Å². The molecule has 0 bridgehead atoms. The molecule has 210 valence electrons. The molecule has 1 rings (SSSR count). The zero-order valence-electron chi connectivity index (χ0n) is 21.4. The lowest BCUT2D eigenvalue weighted by Crippen LogP contribution is -2.58. The molecule has 38 heavy (non-hydrogen) atoms. The zero-order chi connectivity index (χ0) is 28.8. The van der Waals surface area contributed by atoms with E-state index in [1.807, 2.05) is 0 Å². The van der Waals surface area contributed by atoms with E-state index < -0.39 is 72.1 Å². The first-order valence-electron chi connectivity index (χ1n) is 12.2. The lowest BCUT2D eigenvalue weighted by Gasteiger charge is -2.26. The van der Waals surface area contributed by atoms with Crippen molar-refractivity contribution in [3.05, 3.63) is 35.9 Å². The number of nitrogens with one attached hydrogen (secondary N) is 3. The van der Waals surface area contributed by atoms with Crippen molar-refractivity contribution in [3.63, 3.8) is 0 Å². The van der Waals surface area contributed by atoms with E-state index >= 15 is 0 Å². The lowest BCUT2D eigenvalue weighted by atomic mass is 9.98. The summed E-state index contributed by atoms with van der Waals surface area (Å²) in [5.74, 6) is -6.57. The van der Waals surface area contributed by atoms with Gasteiger partial charge in [0.15, 0.2) is 0 Å². The standard InChI is InChI=1S/C25H36N4O9/c1-3-14(2)21(25(37)38)29-23(35)17(10-12-20(32)33)27-24(36)18(13-15-7-5-4-6-8-15)28-22(34)16(26)9-11-19(30)31/h4-8,14,16-18,21H,3,9-13,26H2,1-2H3,(H,27,36)(H,28,34)(H,29,35)(H,30,31)(H,32,33)(H,37,38). The van der Waals surface area contributed by atoms with Gasteiger partial charge in [0.2, 0.25) is 17.7 Å². The summed E-state index contributed by atoms with van der Waals surface area (Å²) >= 11 is 0. The number of rotatable bonds is 17. The van der Waals surface area contributed by atoms with E-state index in [0.717, 1.165) is 0 Å². The molecule has 13 heteroatoms. The fourth-order valence-electron chi connectivity index (χ4n) is 3.49. The molecule has 8 N–H and O–H groups in total. The Morgan fingerprint density at radius 2 is 1.32 bits per heavy atom. The van der Waals surface area contributed by atoms with Crippen molar-refractivity contribution in [2.75, 3.05) is 0 Å². The van der Waals surface area contributed by atoms with Crippen LogP contribution in [-0.4, -0.2) is 75.1 Å². The molecule has 0 radical (unpaired) electrons. The molecule has 0 aliphatic heterocycles. The van der Waals surface area contributed by atoms with Crippen LogP contribution in [0, 0.1) is 5.92 Å². The van der Waals surface area contributed by atoms with Gasteiger partial charge in [-0.15, -0.1) is 0 Å². The average molecular weight is 537 g/mol. The number of amides is 3. The van der Waals surface area contributed by atoms with Gasteiger partial charge in [-0.2, -0.15) is 0 Å². The van der Waals surface area contributed by atoms with Crippen LogP contribution in [0.3, 0.4) is 0 Å². The number of carbonyl (C=O) groups excluding carboxylic acids is 3. The summed E-state index contributed by atoms with van der Waals surface area (Å²) in [6, 6.07) is 3.47. The van der Waals surface area contributed by atoms with Gasteiger partial charge in [0.05, 0.1) is 6.04 Å². The normalized spacial score (nSPS) is 14.7. The van der Waals surface area contributed by atoms with E-state index in [9.17, 15) is 33.9 Å². The molecule has 0 aromatic heterocycles.